The first-order valence-electron chi connectivity index (χ1n) is 10.2. The Morgan fingerprint density at radius 2 is 1.91 bits per heavy atom. The third kappa shape index (κ3) is 5.76. The van der Waals surface area contributed by atoms with Crippen molar-refractivity contribution in [3.8, 4) is 0 Å². The van der Waals surface area contributed by atoms with Crippen molar-refractivity contribution in [3.05, 3.63) is 70.2 Å². The summed E-state index contributed by atoms with van der Waals surface area (Å²) in [5.41, 5.74) is -0.104. The summed E-state index contributed by atoms with van der Waals surface area (Å²) < 4.78 is 58.8. The minimum Gasteiger partial charge on any atom is -0.438 e. The van der Waals surface area contributed by atoms with Gasteiger partial charge in [-0.15, -0.1) is 0 Å². The molecule has 2 atom stereocenters. The number of nitrogens with one attached hydrogen (secondary N) is 1. The van der Waals surface area contributed by atoms with E-state index in [1.165, 1.54) is 29.2 Å². The second-order valence-electron chi connectivity index (χ2n) is 7.92. The lowest BCUT2D eigenvalue weighted by Crippen LogP contribution is -2.49. The van der Waals surface area contributed by atoms with Crippen LogP contribution in [0.5, 0.6) is 0 Å². The molecule has 32 heavy (non-hydrogen) atoms. The van der Waals surface area contributed by atoms with Gasteiger partial charge < -0.3 is 9.64 Å². The van der Waals surface area contributed by atoms with E-state index in [4.69, 9.17) is 16.3 Å². The van der Waals surface area contributed by atoms with Gasteiger partial charge in [0.05, 0.1) is 12.3 Å². The molecule has 1 fully saturated rings. The molecule has 1 aliphatic rings. The molecule has 2 aromatic carbocycles. The van der Waals surface area contributed by atoms with Crippen LogP contribution < -0.4 is 4.72 Å². The molecule has 1 aliphatic heterocycles. The molecule has 2 aromatic rings. The maximum absolute atomic E-state index is 14.4. The topological polar surface area (TPSA) is 75.7 Å². The number of benzene rings is 2. The van der Waals surface area contributed by atoms with E-state index in [1.807, 2.05) is 0 Å². The Hall–Kier alpha value is -2.23. The summed E-state index contributed by atoms with van der Waals surface area (Å²) in [5.74, 6) is -0.932. The van der Waals surface area contributed by atoms with E-state index in [9.17, 15) is 22.0 Å². The van der Waals surface area contributed by atoms with Gasteiger partial charge in [0.15, 0.2) is 0 Å². The number of sulfonamides is 1. The van der Waals surface area contributed by atoms with Crippen molar-refractivity contribution in [2.24, 2.45) is 0 Å². The summed E-state index contributed by atoms with van der Waals surface area (Å²) in [7, 11) is -3.35. The standard InChI is InChI=1S/C22H25ClF2N2O4S/c1-15(19-9-6-17(23)14-20(19)25)27-13-11-22(31-21(27)28,10-3-12-26-32(2,29)30)16-4-7-18(24)8-5-16/h4-9,14-15,26H,3,10-13H2,1-2H3/t15-,22-/m0/s1. The molecular formula is C22H25ClF2N2O4S. The summed E-state index contributed by atoms with van der Waals surface area (Å²) in [6.07, 6.45) is 1.56. The zero-order valence-corrected chi connectivity index (χ0v) is 19.3. The molecule has 0 unspecified atom stereocenters. The van der Waals surface area contributed by atoms with Crippen LogP contribution in [0.25, 0.3) is 0 Å². The van der Waals surface area contributed by atoms with Crippen molar-refractivity contribution in [1.29, 1.82) is 0 Å². The molecule has 0 spiro atoms. The maximum atomic E-state index is 14.4. The van der Waals surface area contributed by atoms with E-state index in [1.54, 1.807) is 25.1 Å². The number of cyclic esters (lactones) is 1. The highest BCUT2D eigenvalue weighted by atomic mass is 35.5. The van der Waals surface area contributed by atoms with Gasteiger partial charge in [-0.2, -0.15) is 0 Å². The molecule has 3 rings (SSSR count). The number of halogens is 3. The molecule has 1 saturated heterocycles. The molecule has 0 bridgehead atoms. The van der Waals surface area contributed by atoms with Gasteiger partial charge in [-0.25, -0.2) is 26.7 Å². The SMILES string of the molecule is C[C@@H](c1ccc(Cl)cc1F)N1CC[C@@](CCCNS(C)(=O)=O)(c2ccc(F)cc2)OC1=O. The van der Waals surface area contributed by atoms with E-state index >= 15 is 0 Å². The Balaban J connectivity index is 1.80. The fourth-order valence-corrected chi connectivity index (χ4v) is 4.61. The quantitative estimate of drug-likeness (QED) is 0.546. The first-order chi connectivity index (χ1) is 15.0. The van der Waals surface area contributed by atoms with Crippen molar-refractivity contribution in [1.82, 2.24) is 9.62 Å². The number of rotatable bonds is 8. The molecular weight excluding hydrogens is 462 g/mol. The maximum Gasteiger partial charge on any atom is 0.411 e. The van der Waals surface area contributed by atoms with E-state index in [0.29, 0.717) is 30.4 Å². The molecule has 174 valence electrons. The number of ether oxygens (including phenoxy) is 1. The van der Waals surface area contributed by atoms with E-state index in [-0.39, 0.29) is 18.1 Å². The average molecular weight is 487 g/mol. The zero-order chi connectivity index (χ0) is 23.5. The van der Waals surface area contributed by atoms with Crippen molar-refractivity contribution >= 4 is 27.7 Å². The van der Waals surface area contributed by atoms with Crippen LogP contribution in [-0.4, -0.2) is 38.8 Å². The van der Waals surface area contributed by atoms with Crippen LogP contribution in [0.15, 0.2) is 42.5 Å². The number of carbonyl (C=O) groups is 1. The molecule has 1 amide bonds. The van der Waals surface area contributed by atoms with Gasteiger partial charge in [0, 0.05) is 30.1 Å². The lowest BCUT2D eigenvalue weighted by atomic mass is 9.84. The number of nitrogens with zero attached hydrogens (tertiary/aromatic N) is 1. The molecule has 6 nitrogen and oxygen atoms in total. The highest BCUT2D eigenvalue weighted by Gasteiger charge is 2.43. The van der Waals surface area contributed by atoms with E-state index < -0.39 is 39.4 Å². The minimum absolute atomic E-state index is 0.176. The second-order valence-corrected chi connectivity index (χ2v) is 10.2. The van der Waals surface area contributed by atoms with Crippen LogP contribution >= 0.6 is 11.6 Å². The number of hydrogen-bond donors (Lipinski definition) is 1. The lowest BCUT2D eigenvalue weighted by Gasteiger charge is -2.43. The van der Waals surface area contributed by atoms with Crippen molar-refractivity contribution < 1.29 is 26.7 Å². The van der Waals surface area contributed by atoms with Crippen LogP contribution in [0.4, 0.5) is 13.6 Å². The third-order valence-corrected chi connectivity index (χ3v) is 6.61. The number of amides is 1. The van der Waals surface area contributed by atoms with Gasteiger partial charge in [-0.05, 0) is 49.6 Å². The van der Waals surface area contributed by atoms with Crippen molar-refractivity contribution in [3.63, 3.8) is 0 Å². The monoisotopic (exact) mass is 486 g/mol. The molecule has 0 radical (unpaired) electrons. The van der Waals surface area contributed by atoms with Crippen LogP contribution in [0.2, 0.25) is 5.02 Å². The predicted molar refractivity (Wildman–Crippen MR) is 118 cm³/mol. The van der Waals surface area contributed by atoms with Crippen LogP contribution in [0.1, 0.15) is 43.4 Å². The van der Waals surface area contributed by atoms with E-state index in [0.717, 1.165) is 6.26 Å². The number of carbonyl (C=O) groups excluding carboxylic acids is 1. The summed E-state index contributed by atoms with van der Waals surface area (Å²) in [6.45, 7) is 2.16. The highest BCUT2D eigenvalue weighted by molar-refractivity contribution is 7.88. The third-order valence-electron chi connectivity index (χ3n) is 5.65. The summed E-state index contributed by atoms with van der Waals surface area (Å²) >= 11 is 5.83. The molecule has 0 aliphatic carbocycles. The largest absolute Gasteiger partial charge is 0.438 e. The Kier molecular flexibility index (Phi) is 7.42. The van der Waals surface area contributed by atoms with Gasteiger partial charge in [0.25, 0.3) is 0 Å². The average Bonchev–Trinajstić information content (AvgIpc) is 2.71. The summed E-state index contributed by atoms with van der Waals surface area (Å²) in [4.78, 5) is 14.4. The van der Waals surface area contributed by atoms with Crippen LogP contribution in [0, 0.1) is 11.6 Å². The lowest BCUT2D eigenvalue weighted by molar-refractivity contribution is -0.0664. The fraction of sp³-hybridized carbons (Fsp3) is 0.409. The van der Waals surface area contributed by atoms with Crippen molar-refractivity contribution in [2.75, 3.05) is 19.3 Å². The molecule has 10 heteroatoms. The van der Waals surface area contributed by atoms with Gasteiger partial charge in [-0.3, -0.25) is 0 Å². The zero-order valence-electron chi connectivity index (χ0n) is 17.8. The summed E-state index contributed by atoms with van der Waals surface area (Å²) in [6, 6.07) is 9.40. The Morgan fingerprint density at radius 1 is 1.22 bits per heavy atom. The Bertz CT molecular complexity index is 1080. The highest BCUT2D eigenvalue weighted by Crippen LogP contribution is 2.40. The smallest absolute Gasteiger partial charge is 0.411 e. The molecule has 1 heterocycles. The normalized spacial score (nSPS) is 20.2. The second kappa shape index (κ2) is 9.72. The number of hydrogen-bond acceptors (Lipinski definition) is 4. The Labute approximate surface area is 191 Å². The van der Waals surface area contributed by atoms with Gasteiger partial charge >= 0.3 is 6.09 Å². The van der Waals surface area contributed by atoms with E-state index in [2.05, 4.69) is 4.72 Å². The fourth-order valence-electron chi connectivity index (χ4n) is 3.94. The first kappa shape index (κ1) is 24.4. The Morgan fingerprint density at radius 3 is 2.50 bits per heavy atom. The van der Waals surface area contributed by atoms with Crippen LogP contribution in [-0.2, 0) is 20.4 Å². The molecule has 0 saturated carbocycles. The van der Waals surface area contributed by atoms with Gasteiger partial charge in [-0.1, -0.05) is 29.8 Å². The van der Waals surface area contributed by atoms with Gasteiger partial charge in [0.1, 0.15) is 17.2 Å². The van der Waals surface area contributed by atoms with Crippen LogP contribution in [0.3, 0.4) is 0 Å². The summed E-state index contributed by atoms with van der Waals surface area (Å²) in [5, 5.41) is 0.262. The minimum atomic E-state index is -3.35. The predicted octanol–water partition coefficient (Wildman–Crippen LogP) is 4.75. The first-order valence-corrected chi connectivity index (χ1v) is 12.4. The molecule has 0 aromatic heterocycles. The molecule has 1 N–H and O–H groups in total. The van der Waals surface area contributed by atoms with Crippen molar-refractivity contribution in [2.45, 2.75) is 37.8 Å². The van der Waals surface area contributed by atoms with Gasteiger partial charge in [0.2, 0.25) is 10.0 Å².